The van der Waals surface area contributed by atoms with Gasteiger partial charge in [0.05, 0.1) is 0 Å². The van der Waals surface area contributed by atoms with E-state index in [1.54, 1.807) is 0 Å². The molecule has 0 aliphatic carbocycles. The summed E-state index contributed by atoms with van der Waals surface area (Å²) in [5.41, 5.74) is 0. The van der Waals surface area contributed by atoms with Crippen molar-refractivity contribution in [1.82, 2.24) is 0 Å². The van der Waals surface area contributed by atoms with E-state index in [1.807, 2.05) is 12.5 Å². The molecular weight excluding hydrogens is 86.1 g/mol. The van der Waals surface area contributed by atoms with Crippen molar-refractivity contribution in [1.29, 1.82) is 0 Å². The first-order valence-corrected chi connectivity index (χ1v) is 3.47. The van der Waals surface area contributed by atoms with E-state index in [0.29, 0.717) is 0 Å². The minimum atomic E-state index is -0.320. The molecule has 0 aliphatic heterocycles. The van der Waals surface area contributed by atoms with Crippen LogP contribution in [0.5, 0.6) is 0 Å². The summed E-state index contributed by atoms with van der Waals surface area (Å²) in [5, 5.41) is 0. The first kappa shape index (κ1) is 5.27. The third kappa shape index (κ3) is 4.27. The quantitative estimate of drug-likeness (QED) is 0.356. The van der Waals surface area contributed by atoms with E-state index >= 15 is 0 Å². The smallest absolute Gasteiger partial charge is 0.0137 e. The highest BCUT2D eigenvalue weighted by Crippen LogP contribution is 2.08. The van der Waals surface area contributed by atoms with E-state index in [4.69, 9.17) is 5.90 Å². The van der Waals surface area contributed by atoms with Crippen molar-refractivity contribution in [2.75, 3.05) is 12.5 Å². The Morgan fingerprint density at radius 3 is 1.80 bits per heavy atom. The molecule has 0 spiro atoms. The molecular formula is C2H9NOS. The largest absolute Gasteiger partial charge is 0.260 e. The number of rotatable bonds is 1. The van der Waals surface area contributed by atoms with Crippen LogP contribution >= 0.6 is 11.2 Å². The van der Waals surface area contributed by atoms with Crippen LogP contribution in [0.4, 0.5) is 0 Å². The topological polar surface area (TPSA) is 35.2 Å². The highest BCUT2D eigenvalue weighted by atomic mass is 32.2. The van der Waals surface area contributed by atoms with Gasteiger partial charge in [-0.15, -0.1) is 11.2 Å². The second-order valence-corrected chi connectivity index (χ2v) is 2.75. The number of hydrogen-bond acceptors (Lipinski definition) is 2. The molecule has 0 aromatic rings. The first-order valence-electron chi connectivity index (χ1n) is 1.31. The summed E-state index contributed by atoms with van der Waals surface area (Å²) in [4.78, 5) is 0. The SMILES string of the molecule is C[SH](C)ON. The van der Waals surface area contributed by atoms with Crippen LogP contribution in [-0.2, 0) is 4.28 Å². The molecule has 0 aliphatic rings. The second-order valence-electron chi connectivity index (χ2n) is 0.918. The molecule has 0 amide bonds. The highest BCUT2D eigenvalue weighted by molar-refractivity contribution is 8.11. The van der Waals surface area contributed by atoms with Gasteiger partial charge >= 0.3 is 0 Å². The van der Waals surface area contributed by atoms with Crippen LogP contribution in [0.3, 0.4) is 0 Å². The van der Waals surface area contributed by atoms with Crippen LogP contribution < -0.4 is 5.90 Å². The van der Waals surface area contributed by atoms with Crippen molar-refractivity contribution in [3.8, 4) is 0 Å². The Labute approximate surface area is 34.8 Å². The van der Waals surface area contributed by atoms with E-state index in [-0.39, 0.29) is 11.2 Å². The van der Waals surface area contributed by atoms with Gasteiger partial charge in [0.1, 0.15) is 0 Å². The van der Waals surface area contributed by atoms with E-state index in [1.165, 1.54) is 0 Å². The van der Waals surface area contributed by atoms with Crippen molar-refractivity contribution in [2.45, 2.75) is 0 Å². The maximum absolute atomic E-state index is 4.70. The summed E-state index contributed by atoms with van der Waals surface area (Å²) in [5.74, 6) is 4.70. The normalized spacial score (nSPS) is 11.4. The highest BCUT2D eigenvalue weighted by Gasteiger charge is 1.72. The third-order valence-electron chi connectivity index (χ3n) is 0.211. The van der Waals surface area contributed by atoms with Crippen LogP contribution in [0.1, 0.15) is 0 Å². The fourth-order valence-electron chi connectivity index (χ4n) is 0. The molecule has 0 heterocycles. The van der Waals surface area contributed by atoms with Crippen LogP contribution in [0.2, 0.25) is 0 Å². The summed E-state index contributed by atoms with van der Waals surface area (Å²) in [6.45, 7) is 0. The van der Waals surface area contributed by atoms with Crippen molar-refractivity contribution >= 4 is 11.2 Å². The average Bonchev–Trinajstić information content (AvgIpc) is 1.38. The molecule has 2 nitrogen and oxygen atoms in total. The van der Waals surface area contributed by atoms with E-state index < -0.39 is 0 Å². The lowest BCUT2D eigenvalue weighted by Crippen LogP contribution is -1.91. The maximum atomic E-state index is 4.70. The predicted molar refractivity (Wildman–Crippen MR) is 26.1 cm³/mol. The van der Waals surface area contributed by atoms with Gasteiger partial charge in [-0.1, -0.05) is 0 Å². The Balaban J connectivity index is 2.54. The molecule has 0 rings (SSSR count). The Morgan fingerprint density at radius 2 is 1.80 bits per heavy atom. The van der Waals surface area contributed by atoms with Gasteiger partial charge in [0.2, 0.25) is 0 Å². The molecule has 2 N–H and O–H groups in total. The van der Waals surface area contributed by atoms with Gasteiger partial charge in [-0.05, 0) is 12.5 Å². The van der Waals surface area contributed by atoms with E-state index in [0.717, 1.165) is 0 Å². The van der Waals surface area contributed by atoms with Gasteiger partial charge in [-0.25, -0.2) is 5.90 Å². The zero-order chi connectivity index (χ0) is 4.28. The molecule has 0 fully saturated rings. The van der Waals surface area contributed by atoms with Crippen molar-refractivity contribution in [2.24, 2.45) is 5.90 Å². The minimum Gasteiger partial charge on any atom is -0.260 e. The molecule has 0 bridgehead atoms. The zero-order valence-corrected chi connectivity index (χ0v) is 4.33. The van der Waals surface area contributed by atoms with Crippen LogP contribution in [0.15, 0.2) is 0 Å². The fraction of sp³-hybridized carbons (Fsp3) is 1.00. The molecule has 0 aromatic heterocycles. The van der Waals surface area contributed by atoms with Gasteiger partial charge < -0.3 is 0 Å². The Kier molecular flexibility index (Phi) is 2.64. The van der Waals surface area contributed by atoms with Crippen LogP contribution in [-0.4, -0.2) is 12.5 Å². The number of nitrogens with two attached hydrogens (primary N) is 1. The summed E-state index contributed by atoms with van der Waals surface area (Å²) in [7, 11) is 0. The Morgan fingerprint density at radius 1 is 1.60 bits per heavy atom. The van der Waals surface area contributed by atoms with E-state index in [2.05, 4.69) is 4.28 Å². The molecule has 0 saturated heterocycles. The lowest BCUT2D eigenvalue weighted by atomic mass is 11.9. The van der Waals surface area contributed by atoms with Gasteiger partial charge in [0, 0.05) is 0 Å². The minimum absolute atomic E-state index is 0.320. The van der Waals surface area contributed by atoms with Crippen LogP contribution in [0.25, 0.3) is 0 Å². The zero-order valence-electron chi connectivity index (χ0n) is 3.43. The van der Waals surface area contributed by atoms with Crippen molar-refractivity contribution < 1.29 is 4.28 Å². The third-order valence-corrected chi connectivity index (χ3v) is 0.632. The lowest BCUT2D eigenvalue weighted by molar-refractivity contribution is 0.393. The Bertz CT molecular complexity index is 23.6. The van der Waals surface area contributed by atoms with Gasteiger partial charge in [0.25, 0.3) is 0 Å². The molecule has 0 atom stereocenters. The molecule has 0 unspecified atom stereocenters. The maximum Gasteiger partial charge on any atom is -0.0137 e. The molecule has 0 saturated carbocycles. The standard InChI is InChI=1S/C2H9NOS/c1-5(2)4-3/h5H,3H2,1-2H3. The molecule has 5 heavy (non-hydrogen) atoms. The van der Waals surface area contributed by atoms with Gasteiger partial charge in [-0.3, -0.25) is 4.28 Å². The Hall–Kier alpha value is 0.270. The average molecular weight is 95.2 g/mol. The molecule has 3 heteroatoms. The van der Waals surface area contributed by atoms with E-state index in [9.17, 15) is 0 Å². The van der Waals surface area contributed by atoms with Gasteiger partial charge in [0.15, 0.2) is 0 Å². The molecule has 0 aromatic carbocycles. The molecule has 34 valence electrons. The second kappa shape index (κ2) is 2.50. The summed E-state index contributed by atoms with van der Waals surface area (Å²) in [6.07, 6.45) is 3.88. The first-order chi connectivity index (χ1) is 2.27. The van der Waals surface area contributed by atoms with Crippen molar-refractivity contribution in [3.63, 3.8) is 0 Å². The predicted octanol–water partition coefficient (Wildman–Crippen LogP) is 0.0525. The van der Waals surface area contributed by atoms with Crippen molar-refractivity contribution in [3.05, 3.63) is 0 Å². The van der Waals surface area contributed by atoms with Crippen LogP contribution in [0, 0.1) is 0 Å². The fourth-order valence-corrected chi connectivity index (χ4v) is 0. The summed E-state index contributed by atoms with van der Waals surface area (Å²) >= 11 is -0.320. The number of thiol groups is 1. The summed E-state index contributed by atoms with van der Waals surface area (Å²) < 4.78 is 4.31. The number of hydrogen-bond donors (Lipinski definition) is 2. The monoisotopic (exact) mass is 95.0 g/mol. The molecule has 0 radical (unpaired) electrons. The summed E-state index contributed by atoms with van der Waals surface area (Å²) in [6, 6.07) is 0. The van der Waals surface area contributed by atoms with Gasteiger partial charge in [-0.2, -0.15) is 0 Å². The lowest BCUT2D eigenvalue weighted by Gasteiger charge is -1.99.